The maximum Gasteiger partial charge on any atom is 0.276 e. The van der Waals surface area contributed by atoms with Crippen molar-refractivity contribution in [3.63, 3.8) is 0 Å². The smallest absolute Gasteiger partial charge is 0.276 e. The zero-order chi connectivity index (χ0) is 104. The Labute approximate surface area is 849 Å². The Kier molecular flexibility index (Phi) is 31.0. The summed E-state index contributed by atoms with van der Waals surface area (Å²) in [5, 5.41) is 58.1. The molecule has 0 unspecified atom stereocenters. The lowest BCUT2D eigenvalue weighted by molar-refractivity contribution is -0.131. The van der Waals surface area contributed by atoms with Crippen molar-refractivity contribution in [1.82, 2.24) is 58.3 Å². The third-order valence-corrected chi connectivity index (χ3v) is 27.8. The predicted molar refractivity (Wildman–Crippen MR) is 537 cm³/mol. The molecule has 3 N–H and O–H groups in total. The molecule has 6 atom stereocenters. The molecule has 15 rings (SSSR count). The van der Waals surface area contributed by atoms with Crippen molar-refractivity contribution in [2.24, 2.45) is 0 Å². The fourth-order valence-electron chi connectivity index (χ4n) is 18.7. The van der Waals surface area contributed by atoms with Gasteiger partial charge in [-0.15, -0.1) is 0 Å². The molecular weight excluding hydrogens is 2020 g/mol. The number of halogens is 15. The van der Waals surface area contributed by atoms with Crippen molar-refractivity contribution in [3.8, 4) is 86.3 Å². The van der Waals surface area contributed by atoms with E-state index in [0.717, 1.165) is 0 Å². The molecule has 3 aliphatic heterocycles. The van der Waals surface area contributed by atoms with E-state index in [1.165, 1.54) is 50.1 Å². The molecule has 0 bridgehead atoms. The molecule has 3 fully saturated rings. The number of aromatic nitrogens is 9. The molecule has 141 heavy (non-hydrogen) atoms. The first-order valence-electron chi connectivity index (χ1n) is 43.7. The van der Waals surface area contributed by atoms with Gasteiger partial charge in [0.1, 0.15) is 66.9 Å². The van der Waals surface area contributed by atoms with Crippen LogP contribution < -0.4 is 31.4 Å². The number of hydrogen-bond acceptors (Lipinski definition) is 21. The highest BCUT2D eigenvalue weighted by molar-refractivity contribution is 6.42. The van der Waals surface area contributed by atoms with Gasteiger partial charge in [-0.3, -0.25) is 57.4 Å². The maximum atomic E-state index is 15.5. The van der Waals surface area contributed by atoms with E-state index >= 15 is 13.2 Å². The number of benzene rings is 3. The van der Waals surface area contributed by atoms with E-state index in [1.54, 1.807) is 72.3 Å². The molecule has 9 aromatic heterocycles. The Bertz CT molecular complexity index is 6870. The van der Waals surface area contributed by atoms with Gasteiger partial charge in [-0.2, -0.15) is 15.8 Å². The van der Waals surface area contributed by atoms with Crippen LogP contribution in [-0.2, 0) is 14.4 Å². The van der Waals surface area contributed by atoms with Gasteiger partial charge in [-0.1, -0.05) is 166 Å². The molecule has 732 valence electrons. The lowest BCUT2D eigenvalue weighted by Gasteiger charge is -2.45. The van der Waals surface area contributed by atoms with E-state index in [9.17, 15) is 73.0 Å². The van der Waals surface area contributed by atoms with Crippen molar-refractivity contribution in [2.45, 2.75) is 158 Å². The number of pyridine rings is 9. The van der Waals surface area contributed by atoms with Gasteiger partial charge in [0.25, 0.3) is 16.7 Å². The minimum absolute atomic E-state index is 0.0587. The molecular formula is C99H87Cl9F6N18O9. The third kappa shape index (κ3) is 18.4. The number of rotatable bonds is 15. The highest BCUT2D eigenvalue weighted by Crippen LogP contribution is 2.52. The molecule has 27 nitrogen and oxygen atoms in total. The second-order valence-electron chi connectivity index (χ2n) is 35.1. The second kappa shape index (κ2) is 41.5. The SMILES string of the molecule is C=CC(=O)N1[C@H](C)CN(c2c(C#N)c(=O)n(-c3c(C)ccnc3C(C)C)c3nc(-c4c(F)c(F)c(Cl)c(O)c4Cl)c(Cl)cc23)C[C@@H]1C.C=CC(=O)N1[C@H](C)CN(c2c(C#N)c(=O)n(-c3c(C)ccnc3C(C)C)c3nc(-c4c(F)c(F)c(Cl)c(O)c4Cl)c(Cl)cc23)C[C@@H]1C.C=CC(=O)N1[C@H](C)CN(c2c(C#N)c(=O)n(-c3c(C)ccnc3C(C)C)c3nc(-c4c(F)c(F)c(Cl)c(O)c4Cl)c(Cl)cc23)C[C@@H]1C. The number of phenols is 3. The fourth-order valence-corrected chi connectivity index (χ4v) is 20.9. The van der Waals surface area contributed by atoms with E-state index in [-0.39, 0.29) is 210 Å². The lowest BCUT2D eigenvalue weighted by Crippen LogP contribution is -2.58. The number of carbonyl (C=O) groups excluding carboxylic acids is 3. The normalized spacial score (nSPS) is 16.6. The van der Waals surface area contributed by atoms with Crippen molar-refractivity contribution < 1.29 is 56.0 Å². The minimum atomic E-state index is -1.57. The lowest BCUT2D eigenvalue weighted by atomic mass is 10.0. The Hall–Kier alpha value is -12.7. The Morgan fingerprint density at radius 1 is 0.383 bits per heavy atom. The van der Waals surface area contributed by atoms with Gasteiger partial charge in [0, 0.05) is 110 Å². The summed E-state index contributed by atoms with van der Waals surface area (Å²) in [7, 11) is 0. The molecule has 3 aromatic carbocycles. The van der Waals surface area contributed by atoms with Crippen LogP contribution in [0.2, 0.25) is 45.2 Å². The number of aromatic hydroxyl groups is 3. The number of nitriles is 3. The van der Waals surface area contributed by atoms with Crippen molar-refractivity contribution >= 4 is 172 Å². The van der Waals surface area contributed by atoms with Crippen LogP contribution in [0.4, 0.5) is 43.4 Å². The quantitative estimate of drug-likeness (QED) is 0.0371. The van der Waals surface area contributed by atoms with E-state index in [2.05, 4.69) is 67.8 Å². The van der Waals surface area contributed by atoms with Crippen LogP contribution in [0.25, 0.3) is 83.9 Å². The Morgan fingerprint density at radius 3 is 0.787 bits per heavy atom. The summed E-state index contributed by atoms with van der Waals surface area (Å²) in [5.74, 6) is -13.3. The van der Waals surface area contributed by atoms with Crippen LogP contribution in [0, 0.1) is 89.7 Å². The van der Waals surface area contributed by atoms with E-state index < -0.39 is 116 Å². The average molecular weight is 2110 g/mol. The summed E-state index contributed by atoms with van der Waals surface area (Å²) in [4.78, 5) is 119. The van der Waals surface area contributed by atoms with Crippen molar-refractivity contribution in [3.05, 3.63) is 255 Å². The molecule has 12 heterocycles. The van der Waals surface area contributed by atoms with Crippen LogP contribution in [0.15, 0.2) is 107 Å². The molecule has 0 spiro atoms. The number of fused-ring (bicyclic) bond motifs is 3. The van der Waals surface area contributed by atoms with Crippen LogP contribution >= 0.6 is 104 Å². The Balaban J connectivity index is 0.000000178. The number of piperazine rings is 3. The summed E-state index contributed by atoms with van der Waals surface area (Å²) >= 11 is 56.3. The maximum absolute atomic E-state index is 15.5. The summed E-state index contributed by atoms with van der Waals surface area (Å²) < 4.78 is 94.6. The topological polar surface area (TPSA) is 346 Å². The number of aryl methyl sites for hydroxylation is 3. The molecule has 3 aliphatic rings. The monoisotopic (exact) mass is 2100 g/mol. The van der Waals surface area contributed by atoms with Gasteiger partial charge in [-0.25, -0.2) is 41.3 Å². The van der Waals surface area contributed by atoms with Crippen LogP contribution in [0.5, 0.6) is 17.2 Å². The first kappa shape index (κ1) is 106. The first-order chi connectivity index (χ1) is 66.5. The molecule has 3 saturated heterocycles. The summed E-state index contributed by atoms with van der Waals surface area (Å²) in [6, 6.07) is 13.4. The highest BCUT2D eigenvalue weighted by atomic mass is 35.5. The van der Waals surface area contributed by atoms with Crippen molar-refractivity contribution in [1.29, 1.82) is 15.8 Å². The number of amides is 3. The van der Waals surface area contributed by atoms with Crippen LogP contribution in [0.1, 0.15) is 151 Å². The minimum Gasteiger partial charge on any atom is -0.505 e. The van der Waals surface area contributed by atoms with Gasteiger partial charge in [0.05, 0.1) is 115 Å². The first-order valence-corrected chi connectivity index (χ1v) is 47.1. The van der Waals surface area contributed by atoms with Crippen LogP contribution in [-0.4, -0.2) is 167 Å². The molecule has 42 heteroatoms. The Morgan fingerprint density at radius 2 is 0.596 bits per heavy atom. The van der Waals surface area contributed by atoms with Crippen LogP contribution in [0.3, 0.4) is 0 Å². The second-order valence-corrected chi connectivity index (χ2v) is 38.6. The van der Waals surface area contributed by atoms with E-state index in [0.29, 0.717) is 50.8 Å². The average Bonchev–Trinajstić information content (AvgIpc) is 0.725. The van der Waals surface area contributed by atoms with Gasteiger partial charge < -0.3 is 44.7 Å². The summed E-state index contributed by atoms with van der Waals surface area (Å²) in [5.41, 5.74) is -1.13. The zero-order valence-corrected chi connectivity index (χ0v) is 84.8. The van der Waals surface area contributed by atoms with Gasteiger partial charge in [-0.05, 0) is 151 Å². The molecule has 0 radical (unpaired) electrons. The van der Waals surface area contributed by atoms with E-state index in [4.69, 9.17) is 104 Å². The molecule has 0 saturated carbocycles. The number of carbonyl (C=O) groups is 3. The standard InChI is InChI=1S/3C33H29Cl3F2N6O3/c3*1-7-21(45)43-16(5)12-42(13-17(43)6)30-18-10-20(34)28(22-23(35)31(46)24(36)26(38)25(22)37)41-32(18)44(33(47)19(30)11-39)29-15(4)8-9-40-27(29)14(2)3/h3*7-10,14,16-17,46H,1,12-13H2,2-6H3/t3*16-,17+. The van der Waals surface area contributed by atoms with Crippen molar-refractivity contribution in [2.75, 3.05) is 54.0 Å². The third-order valence-electron chi connectivity index (χ3n) is 24.8. The highest BCUT2D eigenvalue weighted by Gasteiger charge is 2.42. The van der Waals surface area contributed by atoms with Gasteiger partial charge in [0.2, 0.25) is 17.7 Å². The number of nitrogens with zero attached hydrogens (tertiary/aromatic N) is 18. The number of phenolic OH excluding ortho intramolecular Hbond substituents is 3. The van der Waals surface area contributed by atoms with E-state index in [1.807, 2.05) is 97.8 Å². The molecule has 0 aliphatic carbocycles. The largest absolute Gasteiger partial charge is 0.505 e. The summed E-state index contributed by atoms with van der Waals surface area (Å²) in [6.07, 6.45) is 8.48. The van der Waals surface area contributed by atoms with Gasteiger partial charge >= 0.3 is 0 Å². The number of anilines is 3. The summed E-state index contributed by atoms with van der Waals surface area (Å²) in [6.45, 7) is 39.8. The molecule has 12 aromatic rings. The zero-order valence-electron chi connectivity index (χ0n) is 78.0. The predicted octanol–water partition coefficient (Wildman–Crippen LogP) is 21.9. The molecule has 3 amide bonds. The van der Waals surface area contributed by atoms with Gasteiger partial charge in [0.15, 0.2) is 52.2 Å². The number of hydrogen-bond donors (Lipinski definition) is 3. The fraction of sp³-hybridized carbons (Fsp3) is 0.303.